The summed E-state index contributed by atoms with van der Waals surface area (Å²) in [6.07, 6.45) is 64.2. The van der Waals surface area contributed by atoms with Crippen molar-refractivity contribution in [3.05, 3.63) is 60.8 Å². The van der Waals surface area contributed by atoms with Crippen LogP contribution in [0.25, 0.3) is 0 Å². The van der Waals surface area contributed by atoms with E-state index in [1.54, 1.807) is 0 Å². The number of ether oxygens (including phenoxy) is 1. The van der Waals surface area contributed by atoms with Gasteiger partial charge in [0, 0.05) is 6.42 Å². The third-order valence-electron chi connectivity index (χ3n) is 12.4. The number of aliphatic hydroxyl groups excluding tert-OH is 2. The van der Waals surface area contributed by atoms with E-state index in [2.05, 4.69) is 86.8 Å². The zero-order chi connectivity index (χ0) is 46.7. The molecule has 0 aromatic heterocycles. The molecule has 0 spiro atoms. The Hall–Kier alpha value is -2.44. The number of hydrogen-bond donors (Lipinski definition) is 3. The lowest BCUT2D eigenvalue weighted by Crippen LogP contribution is -2.46. The number of hydrogen-bond acceptors (Lipinski definition) is 5. The smallest absolute Gasteiger partial charge is 0.306 e. The van der Waals surface area contributed by atoms with Crippen LogP contribution in [0.1, 0.15) is 271 Å². The van der Waals surface area contributed by atoms with E-state index < -0.39 is 18.2 Å². The van der Waals surface area contributed by atoms with Crippen molar-refractivity contribution < 1.29 is 24.5 Å². The summed E-state index contributed by atoms with van der Waals surface area (Å²) in [6, 6.07) is -0.717. The Bertz CT molecular complexity index is 1140. The molecule has 0 fully saturated rings. The van der Waals surface area contributed by atoms with E-state index in [1.807, 2.05) is 0 Å². The standard InChI is InChI=1S/C58H105NO5/c1-4-7-10-13-16-19-22-24-26-28-29-31-33-36-39-42-45-48-51-58(63)64-54(49-46-43-40-37-35-32-30-27-25-23-20-17-14-11-8-5-2)52-57(62)59-55(53-60)56(61)50-47-44-41-38-34-21-18-15-12-9-6-3/h17,20,23,25,27,29-32,35,54-56,60-61H,4-16,18-19,21-22,24,26,28,33-34,36-53H2,1-3H3,(H,59,62)/b20-17+,25-23+,30-27+,31-29+,35-32+. The fourth-order valence-corrected chi connectivity index (χ4v) is 8.20. The Balaban J connectivity index is 4.65. The van der Waals surface area contributed by atoms with Crippen molar-refractivity contribution in [2.24, 2.45) is 0 Å². The van der Waals surface area contributed by atoms with E-state index in [0.29, 0.717) is 19.3 Å². The van der Waals surface area contributed by atoms with Crippen molar-refractivity contribution in [1.82, 2.24) is 5.32 Å². The van der Waals surface area contributed by atoms with E-state index in [1.165, 1.54) is 148 Å². The first kappa shape index (κ1) is 61.6. The molecule has 0 saturated heterocycles. The first-order valence-corrected chi connectivity index (χ1v) is 27.6. The molecule has 3 unspecified atom stereocenters. The summed E-state index contributed by atoms with van der Waals surface area (Å²) in [5, 5.41) is 23.8. The number of rotatable bonds is 49. The van der Waals surface area contributed by atoms with E-state index in [-0.39, 0.29) is 24.9 Å². The summed E-state index contributed by atoms with van der Waals surface area (Å²) in [5.74, 6) is -0.518. The van der Waals surface area contributed by atoms with Crippen LogP contribution in [0, 0.1) is 0 Å². The zero-order valence-corrected chi connectivity index (χ0v) is 42.4. The van der Waals surface area contributed by atoms with Crippen LogP contribution in [0.5, 0.6) is 0 Å². The third kappa shape index (κ3) is 46.1. The van der Waals surface area contributed by atoms with Gasteiger partial charge in [-0.1, -0.05) is 242 Å². The summed E-state index contributed by atoms with van der Waals surface area (Å²) in [6.45, 7) is 6.44. The lowest BCUT2D eigenvalue weighted by molar-refractivity contribution is -0.151. The van der Waals surface area contributed by atoms with Gasteiger partial charge < -0.3 is 20.3 Å². The quantitative estimate of drug-likeness (QED) is 0.0245. The first-order chi connectivity index (χ1) is 31.5. The first-order valence-electron chi connectivity index (χ1n) is 27.6. The Morgan fingerprint density at radius 1 is 0.453 bits per heavy atom. The van der Waals surface area contributed by atoms with E-state index >= 15 is 0 Å². The van der Waals surface area contributed by atoms with Gasteiger partial charge in [-0.25, -0.2) is 0 Å². The number of esters is 1. The van der Waals surface area contributed by atoms with Gasteiger partial charge in [0.05, 0.1) is 25.2 Å². The predicted molar refractivity (Wildman–Crippen MR) is 278 cm³/mol. The van der Waals surface area contributed by atoms with Crippen molar-refractivity contribution in [3.8, 4) is 0 Å². The lowest BCUT2D eigenvalue weighted by atomic mass is 10.0. The molecule has 0 bridgehead atoms. The van der Waals surface area contributed by atoms with Crippen LogP contribution in [-0.2, 0) is 14.3 Å². The molecule has 0 rings (SSSR count). The Labute approximate surface area is 397 Å². The lowest BCUT2D eigenvalue weighted by Gasteiger charge is -2.24. The van der Waals surface area contributed by atoms with Crippen LogP contribution in [0.2, 0.25) is 0 Å². The minimum absolute atomic E-state index is 0.0478. The van der Waals surface area contributed by atoms with Crippen molar-refractivity contribution in [2.45, 2.75) is 289 Å². The fraction of sp³-hybridized carbons (Fsp3) is 0.793. The maximum atomic E-state index is 13.2. The minimum Gasteiger partial charge on any atom is -0.462 e. The molecule has 1 amide bonds. The van der Waals surface area contributed by atoms with Crippen LogP contribution in [-0.4, -0.2) is 46.9 Å². The zero-order valence-electron chi connectivity index (χ0n) is 42.4. The molecule has 0 aliphatic rings. The molecule has 0 aromatic carbocycles. The van der Waals surface area contributed by atoms with Crippen molar-refractivity contribution >= 4 is 11.9 Å². The van der Waals surface area contributed by atoms with Gasteiger partial charge in [-0.2, -0.15) is 0 Å². The van der Waals surface area contributed by atoms with Gasteiger partial charge in [0.2, 0.25) is 5.91 Å². The topological polar surface area (TPSA) is 95.9 Å². The van der Waals surface area contributed by atoms with Gasteiger partial charge in [0.1, 0.15) is 6.10 Å². The van der Waals surface area contributed by atoms with Crippen LogP contribution in [0.3, 0.4) is 0 Å². The highest BCUT2D eigenvalue weighted by atomic mass is 16.5. The number of allylic oxidation sites excluding steroid dienone is 10. The highest BCUT2D eigenvalue weighted by Gasteiger charge is 2.24. The summed E-state index contributed by atoms with van der Waals surface area (Å²) < 4.78 is 5.93. The SMILES string of the molecule is CCCCC/C=C/C=C/C=C/C=C/CCCCCC(CC(=O)NC(CO)C(O)CCCCCCCCCCCCC)OC(=O)CCCCCCC/C=C/CCCCCCCCCCC. The minimum atomic E-state index is -0.801. The van der Waals surface area contributed by atoms with Gasteiger partial charge in [-0.3, -0.25) is 9.59 Å². The average molecular weight is 896 g/mol. The summed E-state index contributed by atoms with van der Waals surface area (Å²) >= 11 is 0. The highest BCUT2D eigenvalue weighted by Crippen LogP contribution is 2.17. The molecule has 3 atom stereocenters. The molecule has 0 aromatic rings. The monoisotopic (exact) mass is 896 g/mol. The number of aliphatic hydroxyl groups is 2. The molecule has 6 heteroatoms. The normalized spacial score (nSPS) is 13.6. The molecule has 0 aliphatic heterocycles. The third-order valence-corrected chi connectivity index (χ3v) is 12.4. The fourth-order valence-electron chi connectivity index (χ4n) is 8.20. The molecule has 0 aliphatic carbocycles. The average Bonchev–Trinajstić information content (AvgIpc) is 3.29. The molecular weight excluding hydrogens is 791 g/mol. The Morgan fingerprint density at radius 2 is 0.812 bits per heavy atom. The molecular formula is C58H105NO5. The molecule has 0 heterocycles. The molecule has 372 valence electrons. The second kappa shape index (κ2) is 51.5. The van der Waals surface area contributed by atoms with Gasteiger partial charge in [-0.15, -0.1) is 0 Å². The molecule has 3 N–H and O–H groups in total. The Kier molecular flexibility index (Phi) is 49.6. The van der Waals surface area contributed by atoms with Gasteiger partial charge >= 0.3 is 5.97 Å². The largest absolute Gasteiger partial charge is 0.462 e. The second-order valence-electron chi connectivity index (χ2n) is 18.7. The van der Waals surface area contributed by atoms with Crippen LogP contribution in [0.4, 0.5) is 0 Å². The maximum absolute atomic E-state index is 13.2. The van der Waals surface area contributed by atoms with Gasteiger partial charge in [0.15, 0.2) is 0 Å². The summed E-state index contributed by atoms with van der Waals surface area (Å²) in [4.78, 5) is 26.2. The van der Waals surface area contributed by atoms with Crippen LogP contribution in [0.15, 0.2) is 60.8 Å². The number of nitrogens with one attached hydrogen (secondary N) is 1. The van der Waals surface area contributed by atoms with Crippen molar-refractivity contribution in [3.63, 3.8) is 0 Å². The van der Waals surface area contributed by atoms with Crippen LogP contribution < -0.4 is 5.32 Å². The van der Waals surface area contributed by atoms with Crippen molar-refractivity contribution in [2.75, 3.05) is 6.61 Å². The second-order valence-corrected chi connectivity index (χ2v) is 18.7. The van der Waals surface area contributed by atoms with Gasteiger partial charge in [0.25, 0.3) is 0 Å². The number of carbonyl (C=O) groups is 2. The summed E-state index contributed by atoms with van der Waals surface area (Å²) in [7, 11) is 0. The molecule has 6 nitrogen and oxygen atoms in total. The van der Waals surface area contributed by atoms with E-state index in [9.17, 15) is 19.8 Å². The Morgan fingerprint density at radius 3 is 1.30 bits per heavy atom. The number of unbranched alkanes of at least 4 members (excludes halogenated alkanes) is 30. The van der Waals surface area contributed by atoms with Gasteiger partial charge in [-0.05, 0) is 77.0 Å². The molecule has 64 heavy (non-hydrogen) atoms. The van der Waals surface area contributed by atoms with E-state index in [0.717, 1.165) is 77.0 Å². The van der Waals surface area contributed by atoms with E-state index in [4.69, 9.17) is 4.74 Å². The predicted octanol–water partition coefficient (Wildman–Crippen LogP) is 16.8. The molecule has 0 radical (unpaired) electrons. The number of amides is 1. The highest BCUT2D eigenvalue weighted by molar-refractivity contribution is 5.77. The maximum Gasteiger partial charge on any atom is 0.306 e. The van der Waals surface area contributed by atoms with Crippen molar-refractivity contribution in [1.29, 1.82) is 0 Å². The summed E-state index contributed by atoms with van der Waals surface area (Å²) in [5.41, 5.74) is 0. The van der Waals surface area contributed by atoms with Crippen LogP contribution >= 0.6 is 0 Å². The number of carbonyl (C=O) groups excluding carboxylic acids is 2. The molecule has 0 saturated carbocycles.